The summed E-state index contributed by atoms with van der Waals surface area (Å²) < 4.78 is 76.7. The van der Waals surface area contributed by atoms with E-state index in [0.717, 1.165) is 39.5 Å². The van der Waals surface area contributed by atoms with Crippen molar-refractivity contribution in [1.29, 1.82) is 0 Å². The lowest BCUT2D eigenvalue weighted by molar-refractivity contribution is -0.165. The highest BCUT2D eigenvalue weighted by Crippen LogP contribution is 2.31. The Bertz CT molecular complexity index is 828. The quantitative estimate of drug-likeness (QED) is 0.0337. The van der Waals surface area contributed by atoms with E-state index in [-0.39, 0.29) is 6.61 Å². The molecule has 0 fully saturated rings. The van der Waals surface area contributed by atoms with E-state index < -0.39 is 52.2 Å². The molecule has 0 atom stereocenters. The van der Waals surface area contributed by atoms with Crippen molar-refractivity contribution in [3.63, 3.8) is 0 Å². The minimum Gasteiger partial charge on any atom is -0.465 e. The number of carbonyl (C=O) groups excluding carboxylic acids is 2. The minimum absolute atomic E-state index is 0.0380. The second-order valence-corrected chi connectivity index (χ2v) is 10.00. The van der Waals surface area contributed by atoms with E-state index in [9.17, 15) is 31.5 Å². The highest BCUT2D eigenvalue weighted by atomic mass is 19.2. The maximum Gasteiger partial charge on any atom is 0.328 e. The Morgan fingerprint density at radius 2 is 0.919 bits per heavy atom. The van der Waals surface area contributed by atoms with E-state index in [2.05, 4.69) is 11.7 Å². The molecule has 0 radical (unpaired) electrons. The standard InChI is InChI=1S/C28H41F5O4/c1-4-5-6-7-8-9-10-11-12-13-14-15-16-17-18-19-36-26(34)28(2,3)27(35)37-25-23(32)21(30)20(29)22(31)24(25)33/h4-19H2,1-3H3. The smallest absolute Gasteiger partial charge is 0.328 e. The molecule has 212 valence electrons. The molecule has 0 heterocycles. The molecule has 0 aliphatic rings. The van der Waals surface area contributed by atoms with Crippen molar-refractivity contribution >= 4 is 11.9 Å². The molecule has 1 aromatic rings. The van der Waals surface area contributed by atoms with Crippen LogP contribution < -0.4 is 4.74 Å². The van der Waals surface area contributed by atoms with E-state index in [1.165, 1.54) is 64.2 Å². The summed E-state index contributed by atoms with van der Waals surface area (Å²) in [5.74, 6) is -15.8. The van der Waals surface area contributed by atoms with Crippen LogP contribution in [0.5, 0.6) is 5.75 Å². The summed E-state index contributed by atoms with van der Waals surface area (Å²) in [6.45, 7) is 4.42. The molecule has 0 aliphatic heterocycles. The molecule has 0 aromatic heterocycles. The van der Waals surface area contributed by atoms with Gasteiger partial charge in [-0.1, -0.05) is 96.8 Å². The number of rotatable bonds is 19. The van der Waals surface area contributed by atoms with Gasteiger partial charge < -0.3 is 9.47 Å². The Kier molecular flexibility index (Phi) is 15.4. The summed E-state index contributed by atoms with van der Waals surface area (Å²) in [4.78, 5) is 24.5. The fourth-order valence-electron chi connectivity index (χ4n) is 3.80. The molecular weight excluding hydrogens is 495 g/mol. The third-order valence-electron chi connectivity index (χ3n) is 6.37. The predicted octanol–water partition coefficient (Wildman–Crippen LogP) is 8.73. The number of esters is 2. The largest absolute Gasteiger partial charge is 0.465 e. The van der Waals surface area contributed by atoms with Gasteiger partial charge in [0, 0.05) is 0 Å². The lowest BCUT2D eigenvalue weighted by Crippen LogP contribution is -2.38. The molecule has 0 saturated heterocycles. The zero-order chi connectivity index (χ0) is 27.8. The summed E-state index contributed by atoms with van der Waals surface area (Å²) in [5.41, 5.74) is -2.02. The summed E-state index contributed by atoms with van der Waals surface area (Å²) in [6.07, 6.45) is 17.7. The summed E-state index contributed by atoms with van der Waals surface area (Å²) >= 11 is 0. The van der Waals surface area contributed by atoms with Gasteiger partial charge in [-0.2, -0.15) is 8.78 Å². The Balaban J connectivity index is 2.22. The van der Waals surface area contributed by atoms with Gasteiger partial charge in [0.2, 0.25) is 34.8 Å². The molecule has 1 aromatic carbocycles. The molecule has 0 spiro atoms. The minimum atomic E-state index is -2.38. The molecule has 1 rings (SSSR count). The van der Waals surface area contributed by atoms with E-state index in [1.54, 1.807) is 0 Å². The molecule has 0 N–H and O–H groups in total. The number of ether oxygens (including phenoxy) is 2. The maximum atomic E-state index is 13.8. The number of carbonyl (C=O) groups is 2. The van der Waals surface area contributed by atoms with Crippen molar-refractivity contribution in [1.82, 2.24) is 0 Å². The van der Waals surface area contributed by atoms with E-state index in [4.69, 9.17) is 4.74 Å². The van der Waals surface area contributed by atoms with Gasteiger partial charge in [0.25, 0.3) is 0 Å². The number of halogens is 5. The van der Waals surface area contributed by atoms with Crippen molar-refractivity contribution in [3.05, 3.63) is 29.1 Å². The lowest BCUT2D eigenvalue weighted by atomic mass is 9.94. The van der Waals surface area contributed by atoms with Crippen LogP contribution in [-0.4, -0.2) is 18.5 Å². The monoisotopic (exact) mass is 536 g/mol. The predicted molar refractivity (Wildman–Crippen MR) is 132 cm³/mol. The zero-order valence-corrected chi connectivity index (χ0v) is 22.3. The Hall–Kier alpha value is -2.19. The summed E-state index contributed by atoms with van der Waals surface area (Å²) in [7, 11) is 0. The van der Waals surface area contributed by atoms with Gasteiger partial charge in [0.1, 0.15) is 0 Å². The Labute approximate surface area is 217 Å². The van der Waals surface area contributed by atoms with Crippen molar-refractivity contribution in [2.45, 2.75) is 117 Å². The highest BCUT2D eigenvalue weighted by Gasteiger charge is 2.41. The van der Waals surface area contributed by atoms with E-state index in [0.29, 0.717) is 6.42 Å². The Morgan fingerprint density at radius 3 is 1.32 bits per heavy atom. The van der Waals surface area contributed by atoms with Crippen LogP contribution in [-0.2, 0) is 14.3 Å². The van der Waals surface area contributed by atoms with Crippen LogP contribution in [0.2, 0.25) is 0 Å². The molecule has 9 heteroatoms. The first-order valence-corrected chi connectivity index (χ1v) is 13.5. The van der Waals surface area contributed by atoms with Crippen LogP contribution >= 0.6 is 0 Å². The summed E-state index contributed by atoms with van der Waals surface area (Å²) in [6, 6.07) is 0. The van der Waals surface area contributed by atoms with Crippen molar-refractivity contribution in [2.75, 3.05) is 6.61 Å². The average Bonchev–Trinajstić information content (AvgIpc) is 2.88. The molecular formula is C28H41F5O4. The zero-order valence-electron chi connectivity index (χ0n) is 22.3. The van der Waals surface area contributed by atoms with Crippen LogP contribution in [0, 0.1) is 34.5 Å². The summed E-state index contributed by atoms with van der Waals surface area (Å²) in [5, 5.41) is 0. The van der Waals surface area contributed by atoms with Gasteiger partial charge in [0.05, 0.1) is 6.61 Å². The van der Waals surface area contributed by atoms with E-state index >= 15 is 0 Å². The molecule has 0 aliphatic carbocycles. The van der Waals surface area contributed by atoms with Gasteiger partial charge >= 0.3 is 11.9 Å². The van der Waals surface area contributed by atoms with Crippen LogP contribution in [0.1, 0.15) is 117 Å². The van der Waals surface area contributed by atoms with Crippen LogP contribution in [0.4, 0.5) is 22.0 Å². The van der Waals surface area contributed by atoms with Crippen LogP contribution in [0.3, 0.4) is 0 Å². The lowest BCUT2D eigenvalue weighted by Gasteiger charge is -2.21. The van der Waals surface area contributed by atoms with Crippen molar-refractivity contribution < 1.29 is 41.0 Å². The van der Waals surface area contributed by atoms with Crippen LogP contribution in [0.15, 0.2) is 0 Å². The molecule has 0 saturated carbocycles. The molecule has 0 bridgehead atoms. The molecule has 0 amide bonds. The number of hydrogen-bond donors (Lipinski definition) is 0. The SMILES string of the molecule is CCCCCCCCCCCCCCCCCOC(=O)C(C)(C)C(=O)Oc1c(F)c(F)c(F)c(F)c1F. The van der Waals surface area contributed by atoms with Gasteiger partial charge in [-0.25, -0.2) is 13.2 Å². The maximum absolute atomic E-state index is 13.8. The highest BCUT2D eigenvalue weighted by molar-refractivity contribution is 5.99. The first-order chi connectivity index (χ1) is 17.6. The first kappa shape index (κ1) is 32.8. The second-order valence-electron chi connectivity index (χ2n) is 10.00. The number of hydrogen-bond acceptors (Lipinski definition) is 4. The Morgan fingerprint density at radius 1 is 0.568 bits per heavy atom. The van der Waals surface area contributed by atoms with Crippen molar-refractivity contribution in [2.24, 2.45) is 5.41 Å². The number of benzene rings is 1. The van der Waals surface area contributed by atoms with E-state index in [1.807, 2.05) is 0 Å². The third kappa shape index (κ3) is 11.0. The molecule has 37 heavy (non-hydrogen) atoms. The van der Waals surface area contributed by atoms with Gasteiger partial charge in [-0.15, -0.1) is 0 Å². The number of unbranched alkanes of at least 4 members (excludes halogenated alkanes) is 14. The molecule has 0 unspecified atom stereocenters. The fourth-order valence-corrected chi connectivity index (χ4v) is 3.80. The molecule has 4 nitrogen and oxygen atoms in total. The third-order valence-corrected chi connectivity index (χ3v) is 6.37. The first-order valence-electron chi connectivity index (χ1n) is 13.5. The van der Waals surface area contributed by atoms with Gasteiger partial charge in [-0.3, -0.25) is 9.59 Å². The fraction of sp³-hybridized carbons (Fsp3) is 0.714. The van der Waals surface area contributed by atoms with Crippen LogP contribution in [0.25, 0.3) is 0 Å². The van der Waals surface area contributed by atoms with Gasteiger partial charge in [0.15, 0.2) is 5.41 Å². The van der Waals surface area contributed by atoms with Crippen molar-refractivity contribution in [3.8, 4) is 5.75 Å². The van der Waals surface area contributed by atoms with Gasteiger partial charge in [-0.05, 0) is 20.3 Å². The topological polar surface area (TPSA) is 52.6 Å². The average molecular weight is 537 g/mol. The normalized spacial score (nSPS) is 11.6. The second kappa shape index (κ2) is 17.3.